The second-order valence-electron chi connectivity index (χ2n) is 5.46. The molecular weight excluding hydrogens is 324 g/mol. The van der Waals surface area contributed by atoms with Crippen molar-refractivity contribution in [3.05, 3.63) is 69.8 Å². The number of nitro groups is 1. The number of amides is 1. The molecule has 0 saturated carbocycles. The quantitative estimate of drug-likeness (QED) is 0.472. The third kappa shape index (κ3) is 5.72. The lowest BCUT2D eigenvalue weighted by atomic mass is 10.2. The Morgan fingerprint density at radius 2 is 1.88 bits per heavy atom. The molecule has 0 fully saturated rings. The van der Waals surface area contributed by atoms with Crippen molar-refractivity contribution >= 4 is 23.3 Å². The van der Waals surface area contributed by atoms with E-state index in [0.717, 1.165) is 5.56 Å². The van der Waals surface area contributed by atoms with Crippen LogP contribution in [0.25, 0.3) is 0 Å². The number of carbonyl (C=O) groups is 2. The van der Waals surface area contributed by atoms with Gasteiger partial charge in [0.25, 0.3) is 5.69 Å². The number of nitrogens with one attached hydrogen (secondary N) is 1. The highest BCUT2D eigenvalue weighted by atomic mass is 16.6. The van der Waals surface area contributed by atoms with Crippen LogP contribution in [-0.4, -0.2) is 16.8 Å². The van der Waals surface area contributed by atoms with Gasteiger partial charge in [-0.05, 0) is 30.7 Å². The lowest BCUT2D eigenvalue weighted by Gasteiger charge is -2.07. The zero-order valence-electron chi connectivity index (χ0n) is 13.7. The zero-order valence-corrected chi connectivity index (χ0v) is 13.7. The Hall–Kier alpha value is -3.22. The van der Waals surface area contributed by atoms with E-state index >= 15 is 0 Å². The molecule has 7 heteroatoms. The van der Waals surface area contributed by atoms with Crippen LogP contribution in [0.4, 0.5) is 11.4 Å². The fraction of sp³-hybridized carbons (Fsp3) is 0.222. The molecule has 25 heavy (non-hydrogen) atoms. The Labute approximate surface area is 144 Å². The number of anilines is 1. The minimum absolute atomic E-state index is 0.0241. The number of rotatable bonds is 7. The number of nitrogens with zero attached hydrogens (tertiary/aromatic N) is 1. The molecule has 0 heterocycles. The Morgan fingerprint density at radius 1 is 1.12 bits per heavy atom. The highest BCUT2D eigenvalue weighted by molar-refractivity contribution is 5.92. The predicted octanol–water partition coefficient (Wildman–Crippen LogP) is 3.37. The Morgan fingerprint density at radius 3 is 2.60 bits per heavy atom. The van der Waals surface area contributed by atoms with Gasteiger partial charge in [0.1, 0.15) is 6.61 Å². The van der Waals surface area contributed by atoms with E-state index in [1.807, 2.05) is 25.1 Å². The molecule has 2 rings (SSSR count). The van der Waals surface area contributed by atoms with Gasteiger partial charge in [-0.3, -0.25) is 19.7 Å². The van der Waals surface area contributed by atoms with Crippen molar-refractivity contribution in [3.8, 4) is 0 Å². The van der Waals surface area contributed by atoms with E-state index in [4.69, 9.17) is 4.74 Å². The first-order valence-electron chi connectivity index (χ1n) is 7.70. The molecule has 0 radical (unpaired) electrons. The first kappa shape index (κ1) is 18.1. The van der Waals surface area contributed by atoms with Crippen LogP contribution in [0, 0.1) is 17.0 Å². The molecule has 0 aliphatic rings. The maximum absolute atomic E-state index is 11.8. The standard InChI is InChI=1S/C18H18N2O5/c1-13-5-4-7-15(11-13)19-17(21)9-10-18(22)25-12-14-6-2-3-8-16(14)20(23)24/h2-8,11H,9-10,12H2,1H3,(H,19,21). The van der Waals surface area contributed by atoms with E-state index in [9.17, 15) is 19.7 Å². The monoisotopic (exact) mass is 342 g/mol. The van der Waals surface area contributed by atoms with Gasteiger partial charge in [-0.25, -0.2) is 0 Å². The van der Waals surface area contributed by atoms with Crippen molar-refractivity contribution in [2.24, 2.45) is 0 Å². The molecule has 2 aromatic rings. The number of aryl methyl sites for hydroxylation is 1. The van der Waals surface area contributed by atoms with Gasteiger partial charge in [-0.2, -0.15) is 0 Å². The van der Waals surface area contributed by atoms with E-state index in [1.165, 1.54) is 12.1 Å². The molecule has 0 aromatic heterocycles. The normalized spacial score (nSPS) is 10.1. The van der Waals surface area contributed by atoms with Crippen LogP contribution in [0.5, 0.6) is 0 Å². The third-order valence-corrected chi connectivity index (χ3v) is 3.43. The first-order chi connectivity index (χ1) is 12.0. The number of para-hydroxylation sites is 1. The van der Waals surface area contributed by atoms with Crippen LogP contribution in [-0.2, 0) is 20.9 Å². The summed E-state index contributed by atoms with van der Waals surface area (Å²) in [5.41, 5.74) is 1.89. The number of hydrogen-bond acceptors (Lipinski definition) is 5. The third-order valence-electron chi connectivity index (χ3n) is 3.43. The van der Waals surface area contributed by atoms with Crippen molar-refractivity contribution < 1.29 is 19.2 Å². The molecule has 0 aliphatic heterocycles. The molecule has 0 bridgehead atoms. The molecule has 1 N–H and O–H groups in total. The predicted molar refractivity (Wildman–Crippen MR) is 91.9 cm³/mol. The molecule has 130 valence electrons. The lowest BCUT2D eigenvalue weighted by Crippen LogP contribution is -2.14. The minimum atomic E-state index is -0.586. The largest absolute Gasteiger partial charge is 0.461 e. The van der Waals surface area contributed by atoms with Gasteiger partial charge >= 0.3 is 5.97 Å². The molecular formula is C18H18N2O5. The Kier molecular flexibility index (Phi) is 6.22. The van der Waals surface area contributed by atoms with Crippen LogP contribution in [0.3, 0.4) is 0 Å². The SMILES string of the molecule is Cc1cccc(NC(=O)CCC(=O)OCc2ccccc2[N+](=O)[O-])c1. The summed E-state index contributed by atoms with van der Waals surface area (Å²) >= 11 is 0. The van der Waals surface area contributed by atoms with Gasteiger partial charge in [0.05, 0.1) is 16.9 Å². The molecule has 0 aliphatic carbocycles. The molecule has 0 atom stereocenters. The van der Waals surface area contributed by atoms with Crippen molar-refractivity contribution in [3.63, 3.8) is 0 Å². The van der Waals surface area contributed by atoms with Crippen LogP contribution >= 0.6 is 0 Å². The van der Waals surface area contributed by atoms with Crippen LogP contribution < -0.4 is 5.32 Å². The molecule has 0 unspecified atom stereocenters. The summed E-state index contributed by atoms with van der Waals surface area (Å²) in [7, 11) is 0. The van der Waals surface area contributed by atoms with Crippen LogP contribution in [0.15, 0.2) is 48.5 Å². The van der Waals surface area contributed by atoms with E-state index in [1.54, 1.807) is 18.2 Å². The highest BCUT2D eigenvalue weighted by Crippen LogP contribution is 2.18. The minimum Gasteiger partial charge on any atom is -0.461 e. The Bertz CT molecular complexity index is 789. The van der Waals surface area contributed by atoms with Crippen LogP contribution in [0.1, 0.15) is 24.0 Å². The topological polar surface area (TPSA) is 98.5 Å². The zero-order chi connectivity index (χ0) is 18.2. The average Bonchev–Trinajstić information content (AvgIpc) is 2.58. The van der Waals surface area contributed by atoms with Gasteiger partial charge in [0, 0.05) is 18.2 Å². The van der Waals surface area contributed by atoms with E-state index < -0.39 is 10.9 Å². The summed E-state index contributed by atoms with van der Waals surface area (Å²) < 4.78 is 5.02. The maximum Gasteiger partial charge on any atom is 0.306 e. The smallest absolute Gasteiger partial charge is 0.306 e. The van der Waals surface area contributed by atoms with Crippen LogP contribution in [0.2, 0.25) is 0 Å². The first-order valence-corrected chi connectivity index (χ1v) is 7.70. The fourth-order valence-electron chi connectivity index (χ4n) is 2.20. The molecule has 2 aromatic carbocycles. The van der Waals surface area contributed by atoms with Gasteiger partial charge in [-0.1, -0.05) is 24.3 Å². The number of ether oxygens (including phenoxy) is 1. The molecule has 0 saturated heterocycles. The Balaban J connectivity index is 1.79. The number of hydrogen-bond donors (Lipinski definition) is 1. The van der Waals surface area contributed by atoms with Gasteiger partial charge in [0.15, 0.2) is 0 Å². The molecule has 0 spiro atoms. The van der Waals surface area contributed by atoms with Gasteiger partial charge in [-0.15, -0.1) is 0 Å². The van der Waals surface area contributed by atoms with E-state index in [2.05, 4.69) is 5.32 Å². The summed E-state index contributed by atoms with van der Waals surface area (Å²) in [5, 5.41) is 13.6. The molecule has 7 nitrogen and oxygen atoms in total. The summed E-state index contributed by atoms with van der Waals surface area (Å²) in [6.07, 6.45) is -0.123. The number of esters is 1. The second-order valence-corrected chi connectivity index (χ2v) is 5.46. The number of carbonyl (C=O) groups excluding carboxylic acids is 2. The summed E-state index contributed by atoms with van der Waals surface area (Å²) in [6.45, 7) is 1.71. The maximum atomic E-state index is 11.8. The van der Waals surface area contributed by atoms with Gasteiger partial charge in [0.2, 0.25) is 5.91 Å². The van der Waals surface area contributed by atoms with Gasteiger partial charge < -0.3 is 10.1 Å². The number of nitro benzene ring substituents is 1. The van der Waals surface area contributed by atoms with E-state index in [0.29, 0.717) is 11.3 Å². The van der Waals surface area contributed by atoms with E-state index in [-0.39, 0.29) is 31.0 Å². The lowest BCUT2D eigenvalue weighted by molar-refractivity contribution is -0.385. The second kappa shape index (κ2) is 8.58. The number of benzene rings is 2. The average molecular weight is 342 g/mol. The van der Waals surface area contributed by atoms with Crippen molar-refractivity contribution in [1.29, 1.82) is 0 Å². The summed E-state index contributed by atoms with van der Waals surface area (Å²) in [4.78, 5) is 33.9. The van der Waals surface area contributed by atoms with Crippen molar-refractivity contribution in [2.45, 2.75) is 26.4 Å². The summed E-state index contributed by atoms with van der Waals surface area (Å²) in [6, 6.07) is 13.4. The summed E-state index contributed by atoms with van der Waals surface area (Å²) in [5.74, 6) is -0.884. The fourth-order valence-corrected chi connectivity index (χ4v) is 2.20. The highest BCUT2D eigenvalue weighted by Gasteiger charge is 2.15. The molecule has 1 amide bonds. The van der Waals surface area contributed by atoms with Crippen molar-refractivity contribution in [1.82, 2.24) is 0 Å². The van der Waals surface area contributed by atoms with Crippen molar-refractivity contribution in [2.75, 3.05) is 5.32 Å².